The van der Waals surface area contributed by atoms with Crippen LogP contribution in [-0.4, -0.2) is 46.0 Å². The first-order valence-electron chi connectivity index (χ1n) is 9.20. The van der Waals surface area contributed by atoms with Crippen molar-refractivity contribution in [1.82, 2.24) is 15.1 Å². The summed E-state index contributed by atoms with van der Waals surface area (Å²) in [5, 5.41) is 8.56. The van der Waals surface area contributed by atoms with Crippen LogP contribution in [0.1, 0.15) is 39.5 Å². The molecule has 1 aromatic carbocycles. The third-order valence-corrected chi connectivity index (χ3v) is 5.36. The van der Waals surface area contributed by atoms with E-state index >= 15 is 0 Å². The Kier molecular flexibility index (Phi) is 6.55. The van der Waals surface area contributed by atoms with E-state index in [0.29, 0.717) is 29.5 Å². The quantitative estimate of drug-likeness (QED) is 0.681. The molecule has 1 unspecified atom stereocenters. The molecular weight excluding hydrogens is 350 g/mol. The van der Waals surface area contributed by atoms with Gasteiger partial charge in [0.1, 0.15) is 5.75 Å². The highest BCUT2D eigenvalue weighted by atomic mass is 32.2. The monoisotopic (exact) mass is 375 g/mol. The molecule has 0 N–H and O–H groups in total. The lowest BCUT2D eigenvalue weighted by molar-refractivity contribution is -0.132. The van der Waals surface area contributed by atoms with Crippen LogP contribution in [0.15, 0.2) is 33.9 Å². The van der Waals surface area contributed by atoms with Crippen LogP contribution in [0, 0.1) is 0 Å². The van der Waals surface area contributed by atoms with E-state index in [2.05, 4.69) is 17.1 Å². The molecule has 0 bridgehead atoms. The number of hydrogen-bond acceptors (Lipinski definition) is 6. The van der Waals surface area contributed by atoms with Crippen LogP contribution in [0.25, 0.3) is 11.5 Å². The molecule has 3 rings (SSSR count). The van der Waals surface area contributed by atoms with Gasteiger partial charge < -0.3 is 14.1 Å². The van der Waals surface area contributed by atoms with Gasteiger partial charge in [-0.3, -0.25) is 4.79 Å². The van der Waals surface area contributed by atoms with Gasteiger partial charge in [-0.15, -0.1) is 10.2 Å². The van der Waals surface area contributed by atoms with Crippen molar-refractivity contribution in [2.24, 2.45) is 0 Å². The summed E-state index contributed by atoms with van der Waals surface area (Å²) in [6, 6.07) is 7.90. The average Bonchev–Trinajstić information content (AvgIpc) is 3.16. The zero-order valence-corrected chi connectivity index (χ0v) is 16.1. The first kappa shape index (κ1) is 18.8. The summed E-state index contributed by atoms with van der Waals surface area (Å²) < 4.78 is 11.1. The van der Waals surface area contributed by atoms with Gasteiger partial charge in [0.15, 0.2) is 0 Å². The standard InChI is InChI=1S/C19H25N3O3S/c1-3-15-7-5-6-12-22(15)17(23)13-26-19-21-20-18(25-19)14-8-10-16(11-9-14)24-4-2/h8-11,15H,3-7,12-13H2,1-2H3. The maximum Gasteiger partial charge on any atom is 0.277 e. The van der Waals surface area contributed by atoms with Crippen LogP contribution < -0.4 is 4.74 Å². The maximum atomic E-state index is 12.5. The van der Waals surface area contributed by atoms with Crippen molar-refractivity contribution < 1.29 is 13.9 Å². The normalized spacial score (nSPS) is 17.3. The largest absolute Gasteiger partial charge is 0.494 e. The highest BCUT2D eigenvalue weighted by Gasteiger charge is 2.25. The molecule has 1 fully saturated rings. The number of rotatable bonds is 7. The topological polar surface area (TPSA) is 68.5 Å². The Bertz CT molecular complexity index is 717. The van der Waals surface area contributed by atoms with Gasteiger partial charge in [-0.05, 0) is 56.9 Å². The van der Waals surface area contributed by atoms with Gasteiger partial charge in [0.05, 0.1) is 12.4 Å². The van der Waals surface area contributed by atoms with Gasteiger partial charge in [0, 0.05) is 18.2 Å². The van der Waals surface area contributed by atoms with Crippen molar-refractivity contribution >= 4 is 17.7 Å². The summed E-state index contributed by atoms with van der Waals surface area (Å²) >= 11 is 1.31. The number of carbonyl (C=O) groups excluding carboxylic acids is 1. The second-order valence-electron chi connectivity index (χ2n) is 6.26. The second kappa shape index (κ2) is 9.07. The molecule has 26 heavy (non-hydrogen) atoms. The van der Waals surface area contributed by atoms with Gasteiger partial charge >= 0.3 is 0 Å². The molecule has 2 heterocycles. The number of benzene rings is 1. The first-order chi connectivity index (χ1) is 12.7. The lowest BCUT2D eigenvalue weighted by atomic mass is 10.0. The summed E-state index contributed by atoms with van der Waals surface area (Å²) in [5.74, 6) is 1.75. The van der Waals surface area contributed by atoms with Gasteiger partial charge in [-0.1, -0.05) is 18.7 Å². The molecule has 1 aliphatic rings. The van der Waals surface area contributed by atoms with E-state index < -0.39 is 0 Å². The summed E-state index contributed by atoms with van der Waals surface area (Å²) in [6.07, 6.45) is 4.42. The minimum absolute atomic E-state index is 0.155. The van der Waals surface area contributed by atoms with Crippen LogP contribution in [-0.2, 0) is 4.79 Å². The van der Waals surface area contributed by atoms with E-state index in [4.69, 9.17) is 9.15 Å². The van der Waals surface area contributed by atoms with Gasteiger partial charge in [-0.2, -0.15) is 0 Å². The number of thioether (sulfide) groups is 1. The molecule has 0 radical (unpaired) electrons. The predicted molar refractivity (Wildman–Crippen MR) is 101 cm³/mol. The van der Waals surface area contributed by atoms with Crippen LogP contribution in [0.2, 0.25) is 0 Å². The molecule has 6 nitrogen and oxygen atoms in total. The number of ether oxygens (including phenoxy) is 1. The molecule has 2 aromatic rings. The van der Waals surface area contributed by atoms with E-state index in [0.717, 1.165) is 37.1 Å². The molecule has 1 amide bonds. The number of likely N-dealkylation sites (tertiary alicyclic amines) is 1. The number of amides is 1. The number of nitrogens with zero attached hydrogens (tertiary/aromatic N) is 3. The summed E-state index contributed by atoms with van der Waals surface area (Å²) in [5.41, 5.74) is 0.834. The SMILES string of the molecule is CCOc1ccc(-c2nnc(SCC(=O)N3CCCCC3CC)o2)cc1. The highest BCUT2D eigenvalue weighted by molar-refractivity contribution is 7.99. The third kappa shape index (κ3) is 4.58. The van der Waals surface area contributed by atoms with Gasteiger partial charge in [0.25, 0.3) is 5.22 Å². The fourth-order valence-corrected chi connectivity index (χ4v) is 3.85. The molecule has 1 aromatic heterocycles. The Balaban J connectivity index is 1.57. The zero-order valence-electron chi connectivity index (χ0n) is 15.3. The number of hydrogen-bond donors (Lipinski definition) is 0. The molecule has 1 aliphatic heterocycles. The van der Waals surface area contributed by atoms with Crippen LogP contribution >= 0.6 is 11.8 Å². The first-order valence-corrected chi connectivity index (χ1v) is 10.2. The lowest BCUT2D eigenvalue weighted by Crippen LogP contribution is -2.44. The Morgan fingerprint density at radius 3 is 2.81 bits per heavy atom. The maximum absolute atomic E-state index is 12.5. The average molecular weight is 375 g/mol. The molecule has 0 aliphatic carbocycles. The number of piperidine rings is 1. The predicted octanol–water partition coefficient (Wildman–Crippen LogP) is 4.02. The van der Waals surface area contributed by atoms with Gasteiger partial charge in [0.2, 0.25) is 11.8 Å². The van der Waals surface area contributed by atoms with Crippen molar-refractivity contribution in [3.8, 4) is 17.2 Å². The molecule has 0 saturated carbocycles. The van der Waals surface area contributed by atoms with Crippen molar-refractivity contribution in [1.29, 1.82) is 0 Å². The number of aromatic nitrogens is 2. The van der Waals surface area contributed by atoms with E-state index in [-0.39, 0.29) is 5.91 Å². The summed E-state index contributed by atoms with van der Waals surface area (Å²) in [6.45, 7) is 5.58. The van der Waals surface area contributed by atoms with Crippen LogP contribution in [0.5, 0.6) is 5.75 Å². The van der Waals surface area contributed by atoms with Crippen molar-refractivity contribution in [3.05, 3.63) is 24.3 Å². The van der Waals surface area contributed by atoms with Crippen LogP contribution in [0.3, 0.4) is 0 Å². The summed E-state index contributed by atoms with van der Waals surface area (Å²) in [7, 11) is 0. The molecule has 7 heteroatoms. The molecule has 1 atom stereocenters. The van der Waals surface area contributed by atoms with E-state index in [1.807, 2.05) is 36.1 Å². The van der Waals surface area contributed by atoms with Crippen molar-refractivity contribution in [2.75, 3.05) is 18.9 Å². The second-order valence-corrected chi connectivity index (χ2v) is 7.19. The fourth-order valence-electron chi connectivity index (χ4n) is 3.20. The number of carbonyl (C=O) groups is 1. The summed E-state index contributed by atoms with van der Waals surface area (Å²) in [4.78, 5) is 14.5. The molecule has 1 saturated heterocycles. The zero-order chi connectivity index (χ0) is 18.4. The fraction of sp³-hybridized carbons (Fsp3) is 0.526. The lowest BCUT2D eigenvalue weighted by Gasteiger charge is -2.35. The van der Waals surface area contributed by atoms with Crippen LogP contribution in [0.4, 0.5) is 0 Å². The minimum atomic E-state index is 0.155. The Morgan fingerprint density at radius 1 is 1.27 bits per heavy atom. The minimum Gasteiger partial charge on any atom is -0.494 e. The van der Waals surface area contributed by atoms with Gasteiger partial charge in [-0.25, -0.2) is 0 Å². The highest BCUT2D eigenvalue weighted by Crippen LogP contribution is 2.26. The van der Waals surface area contributed by atoms with Crippen molar-refractivity contribution in [2.45, 2.75) is 50.8 Å². The van der Waals surface area contributed by atoms with E-state index in [1.165, 1.54) is 18.2 Å². The van der Waals surface area contributed by atoms with E-state index in [1.54, 1.807) is 0 Å². The Morgan fingerprint density at radius 2 is 2.08 bits per heavy atom. The third-order valence-electron chi connectivity index (χ3n) is 4.56. The molecular formula is C19H25N3O3S. The smallest absolute Gasteiger partial charge is 0.277 e. The van der Waals surface area contributed by atoms with Crippen molar-refractivity contribution in [3.63, 3.8) is 0 Å². The Labute approximate surface area is 158 Å². The molecule has 140 valence electrons. The van der Waals surface area contributed by atoms with E-state index in [9.17, 15) is 4.79 Å². The Hall–Kier alpha value is -2.02. The molecule has 0 spiro atoms.